The van der Waals surface area contributed by atoms with Gasteiger partial charge in [0.15, 0.2) is 0 Å². The zero-order valence-corrected chi connectivity index (χ0v) is 12.3. The molecule has 21 heavy (non-hydrogen) atoms. The Morgan fingerprint density at radius 3 is 2.57 bits per heavy atom. The first-order chi connectivity index (χ1) is 10.1. The van der Waals surface area contributed by atoms with Gasteiger partial charge < -0.3 is 5.32 Å². The summed E-state index contributed by atoms with van der Waals surface area (Å²) in [5.41, 5.74) is 1.10. The van der Waals surface area contributed by atoms with Crippen LogP contribution in [0.5, 0.6) is 0 Å². The molecule has 1 aromatic rings. The van der Waals surface area contributed by atoms with Crippen LogP contribution in [0.3, 0.4) is 0 Å². The van der Waals surface area contributed by atoms with Crippen LogP contribution in [0.4, 0.5) is 5.69 Å². The highest BCUT2D eigenvalue weighted by Gasteiger charge is 2.29. The lowest BCUT2D eigenvalue weighted by Crippen LogP contribution is -2.22. The van der Waals surface area contributed by atoms with E-state index in [0.29, 0.717) is 11.3 Å². The predicted octanol–water partition coefficient (Wildman–Crippen LogP) is 2.74. The molecule has 1 N–H and O–H groups in total. The first-order valence-corrected chi connectivity index (χ1v) is 7.32. The lowest BCUT2D eigenvalue weighted by Gasteiger charge is -2.14. The summed E-state index contributed by atoms with van der Waals surface area (Å²) in [6, 6.07) is 4.69. The molecule has 0 aromatic heterocycles. The van der Waals surface area contributed by atoms with Crippen molar-refractivity contribution in [2.45, 2.75) is 39.5 Å². The maximum atomic E-state index is 12.2. The fourth-order valence-electron chi connectivity index (χ4n) is 2.41. The summed E-state index contributed by atoms with van der Waals surface area (Å²) >= 11 is 0. The van der Waals surface area contributed by atoms with Crippen molar-refractivity contribution in [3.63, 3.8) is 0 Å². The van der Waals surface area contributed by atoms with Crippen LogP contribution >= 0.6 is 0 Å². The van der Waals surface area contributed by atoms with Crippen LogP contribution in [0.25, 0.3) is 0 Å². The number of carbonyl (C=O) groups excluding carboxylic acids is 3. The highest BCUT2D eigenvalue weighted by Crippen LogP contribution is 2.22. The highest BCUT2D eigenvalue weighted by molar-refractivity contribution is 6.21. The second kappa shape index (κ2) is 6.52. The van der Waals surface area contributed by atoms with Crippen molar-refractivity contribution in [1.82, 2.24) is 5.32 Å². The normalized spacial score (nSPS) is 14.6. The largest absolute Gasteiger partial charge is 0.326 e. The molecule has 2 rings (SSSR count). The lowest BCUT2D eigenvalue weighted by atomic mass is 9.98. The first kappa shape index (κ1) is 15.2. The van der Waals surface area contributed by atoms with Gasteiger partial charge in [0.2, 0.25) is 5.91 Å². The van der Waals surface area contributed by atoms with Gasteiger partial charge in [-0.25, -0.2) is 0 Å². The van der Waals surface area contributed by atoms with Gasteiger partial charge >= 0.3 is 0 Å². The minimum atomic E-state index is -0.538. The topological polar surface area (TPSA) is 77.3 Å². The van der Waals surface area contributed by atoms with E-state index in [1.807, 2.05) is 6.92 Å². The average Bonchev–Trinajstić information content (AvgIpc) is 2.74. The molecule has 1 aromatic carbocycles. The number of imide groups is 1. The molecule has 0 fully saturated rings. The Balaban J connectivity index is 2.10. The number of fused-ring (bicyclic) bond motifs is 1. The first-order valence-electron chi connectivity index (χ1n) is 7.32. The second-order valence-electron chi connectivity index (χ2n) is 5.22. The molecule has 3 amide bonds. The Kier molecular flexibility index (Phi) is 4.73. The van der Waals surface area contributed by atoms with Crippen LogP contribution in [0.15, 0.2) is 18.2 Å². The molecule has 0 aliphatic carbocycles. The van der Waals surface area contributed by atoms with Gasteiger partial charge in [0.25, 0.3) is 11.8 Å². The molecular weight excluding hydrogens is 268 g/mol. The molecule has 111 valence electrons. The summed E-state index contributed by atoms with van der Waals surface area (Å²) in [6.45, 7) is 4.08. The molecule has 0 saturated heterocycles. The molecule has 1 radical (unpaired) electrons. The number of benzene rings is 1. The third-order valence-corrected chi connectivity index (χ3v) is 3.72. The van der Waals surface area contributed by atoms with Gasteiger partial charge in [-0.05, 0) is 31.0 Å². The molecule has 0 bridgehead atoms. The van der Waals surface area contributed by atoms with Crippen LogP contribution in [-0.4, -0.2) is 17.7 Å². The van der Waals surface area contributed by atoms with Crippen molar-refractivity contribution < 1.29 is 14.4 Å². The summed E-state index contributed by atoms with van der Waals surface area (Å²) in [6.07, 6.45) is 3.71. The minimum Gasteiger partial charge on any atom is -0.326 e. The molecule has 0 spiro atoms. The molecule has 1 aliphatic rings. The van der Waals surface area contributed by atoms with E-state index < -0.39 is 11.8 Å². The number of hydrogen-bond donors (Lipinski definition) is 1. The zero-order chi connectivity index (χ0) is 15.4. The lowest BCUT2D eigenvalue weighted by molar-refractivity contribution is -0.120. The Labute approximate surface area is 124 Å². The number of amides is 3. The number of nitrogens with zero attached hydrogens (tertiary/aromatic N) is 1. The minimum absolute atomic E-state index is 0.0276. The number of rotatable bonds is 6. The zero-order valence-electron chi connectivity index (χ0n) is 12.3. The third kappa shape index (κ3) is 3.29. The Morgan fingerprint density at radius 1 is 1.19 bits per heavy atom. The van der Waals surface area contributed by atoms with E-state index in [-0.39, 0.29) is 17.4 Å². The van der Waals surface area contributed by atoms with Gasteiger partial charge in [-0.3, -0.25) is 14.4 Å². The molecule has 1 heterocycles. The quantitative estimate of drug-likeness (QED) is 0.817. The van der Waals surface area contributed by atoms with Crippen molar-refractivity contribution in [2.75, 3.05) is 5.32 Å². The maximum Gasteiger partial charge on any atom is 0.281 e. The van der Waals surface area contributed by atoms with Crippen molar-refractivity contribution in [1.29, 1.82) is 0 Å². The Morgan fingerprint density at radius 2 is 1.90 bits per heavy atom. The fourth-order valence-corrected chi connectivity index (χ4v) is 2.41. The van der Waals surface area contributed by atoms with E-state index in [0.717, 1.165) is 25.7 Å². The van der Waals surface area contributed by atoms with E-state index in [9.17, 15) is 14.4 Å². The second-order valence-corrected chi connectivity index (χ2v) is 5.22. The molecule has 5 heteroatoms. The van der Waals surface area contributed by atoms with Crippen LogP contribution < -0.4 is 10.6 Å². The highest BCUT2D eigenvalue weighted by atomic mass is 16.2. The van der Waals surface area contributed by atoms with Gasteiger partial charge in [0, 0.05) is 11.6 Å². The van der Waals surface area contributed by atoms with E-state index in [1.54, 1.807) is 6.07 Å². The van der Waals surface area contributed by atoms with Crippen molar-refractivity contribution in [3.8, 4) is 0 Å². The average molecular weight is 287 g/mol. The summed E-state index contributed by atoms with van der Waals surface area (Å²) < 4.78 is 0. The van der Waals surface area contributed by atoms with E-state index >= 15 is 0 Å². The monoisotopic (exact) mass is 287 g/mol. The molecule has 1 unspecified atom stereocenters. The van der Waals surface area contributed by atoms with Gasteiger partial charge in [-0.1, -0.05) is 26.7 Å². The van der Waals surface area contributed by atoms with Gasteiger partial charge in [0.05, 0.1) is 11.1 Å². The Bertz CT molecular complexity index is 581. The maximum absolute atomic E-state index is 12.2. The predicted molar refractivity (Wildman–Crippen MR) is 79.2 cm³/mol. The standard InChI is InChI=1S/C16H19N2O3/c1-3-5-6-10(4-2)14(19)17-11-7-8-12-13(9-11)16(21)18-15(12)20/h7-10H,3-6H2,1-2H3,(H,17,19). The third-order valence-electron chi connectivity index (χ3n) is 3.72. The summed E-state index contributed by atoms with van der Waals surface area (Å²) in [7, 11) is 0. The fraction of sp³-hybridized carbons (Fsp3) is 0.438. The van der Waals surface area contributed by atoms with Crippen LogP contribution in [-0.2, 0) is 4.79 Å². The van der Waals surface area contributed by atoms with Crippen LogP contribution in [0, 0.1) is 5.92 Å². The van der Waals surface area contributed by atoms with Crippen molar-refractivity contribution in [3.05, 3.63) is 29.3 Å². The number of anilines is 1. The molecule has 1 atom stereocenters. The number of nitrogens with one attached hydrogen (secondary N) is 1. The summed E-state index contributed by atoms with van der Waals surface area (Å²) in [5, 5.41) is 6.20. The molecule has 0 saturated carbocycles. The molecular formula is C16H19N2O3. The number of carbonyl (C=O) groups is 3. The SMILES string of the molecule is CCCCC(CC)C(=O)Nc1ccc2c(c1)C(=O)[N]C2=O. The van der Waals surface area contributed by atoms with Crippen LogP contribution in [0.2, 0.25) is 0 Å². The van der Waals surface area contributed by atoms with Crippen molar-refractivity contribution in [2.24, 2.45) is 5.92 Å². The van der Waals surface area contributed by atoms with Crippen molar-refractivity contribution >= 4 is 23.4 Å². The smallest absolute Gasteiger partial charge is 0.281 e. The van der Waals surface area contributed by atoms with Gasteiger partial charge in [0.1, 0.15) is 0 Å². The van der Waals surface area contributed by atoms with Gasteiger partial charge in [-0.15, -0.1) is 0 Å². The number of hydrogen-bond acceptors (Lipinski definition) is 3. The van der Waals surface area contributed by atoms with E-state index in [4.69, 9.17) is 0 Å². The van der Waals surface area contributed by atoms with E-state index in [2.05, 4.69) is 17.6 Å². The molecule has 1 aliphatic heterocycles. The van der Waals surface area contributed by atoms with E-state index in [1.165, 1.54) is 12.1 Å². The van der Waals surface area contributed by atoms with Gasteiger partial charge in [-0.2, -0.15) is 5.32 Å². The summed E-state index contributed by atoms with van der Waals surface area (Å²) in [4.78, 5) is 35.2. The molecule has 5 nitrogen and oxygen atoms in total. The summed E-state index contributed by atoms with van der Waals surface area (Å²) in [5.74, 6) is -1.12. The number of unbranched alkanes of at least 4 members (excludes halogenated alkanes) is 1. The van der Waals surface area contributed by atoms with Crippen LogP contribution in [0.1, 0.15) is 60.2 Å². The Hall–Kier alpha value is -2.17.